The molecule has 4 nitrogen and oxygen atoms in total. The minimum absolute atomic E-state index is 0.268. The van der Waals surface area contributed by atoms with Gasteiger partial charge in [0.25, 0.3) is 0 Å². The molecule has 1 N–H and O–H groups in total. The molecule has 1 amide bonds. The van der Waals surface area contributed by atoms with Gasteiger partial charge in [0, 0.05) is 13.1 Å². The Hall–Kier alpha value is -1.62. The number of aliphatic hydroxyl groups is 1. The highest BCUT2D eigenvalue weighted by atomic mass is 19.1. The second-order valence-corrected chi connectivity index (χ2v) is 7.21. The number of hydrogen-bond donors (Lipinski definition) is 1. The summed E-state index contributed by atoms with van der Waals surface area (Å²) in [5.41, 5.74) is 0.258. The molecule has 0 saturated carbocycles. The molecular formula is C18H26FNO3. The van der Waals surface area contributed by atoms with Gasteiger partial charge in [0.15, 0.2) is 0 Å². The van der Waals surface area contributed by atoms with E-state index < -0.39 is 11.7 Å². The second kappa shape index (κ2) is 7.30. The van der Waals surface area contributed by atoms with Crippen molar-refractivity contribution in [2.24, 2.45) is 5.92 Å². The van der Waals surface area contributed by atoms with Gasteiger partial charge in [-0.1, -0.05) is 12.1 Å². The van der Waals surface area contributed by atoms with E-state index in [0.717, 1.165) is 18.4 Å². The van der Waals surface area contributed by atoms with Gasteiger partial charge in [-0.2, -0.15) is 0 Å². The smallest absolute Gasteiger partial charge is 0.410 e. The molecule has 1 aromatic carbocycles. The lowest BCUT2D eigenvalue weighted by atomic mass is 9.89. The number of benzene rings is 1. The third kappa shape index (κ3) is 5.50. The molecule has 1 atom stereocenters. The fourth-order valence-corrected chi connectivity index (χ4v) is 2.81. The van der Waals surface area contributed by atoms with E-state index in [9.17, 15) is 14.3 Å². The van der Waals surface area contributed by atoms with E-state index in [1.165, 1.54) is 12.1 Å². The maximum atomic E-state index is 12.9. The van der Waals surface area contributed by atoms with Gasteiger partial charge in [0.2, 0.25) is 0 Å². The van der Waals surface area contributed by atoms with Crippen LogP contribution in [-0.2, 0) is 4.74 Å². The van der Waals surface area contributed by atoms with Crippen molar-refractivity contribution in [1.29, 1.82) is 0 Å². The quantitative estimate of drug-likeness (QED) is 0.918. The summed E-state index contributed by atoms with van der Waals surface area (Å²) in [5.74, 6) is 0.0559. The highest BCUT2D eigenvalue weighted by molar-refractivity contribution is 5.68. The Kier molecular flexibility index (Phi) is 5.63. The average molecular weight is 323 g/mol. The lowest BCUT2D eigenvalue weighted by molar-refractivity contribution is 0.0161. The van der Waals surface area contributed by atoms with Crippen LogP contribution >= 0.6 is 0 Å². The van der Waals surface area contributed by atoms with E-state index in [1.807, 2.05) is 20.8 Å². The summed E-state index contributed by atoms with van der Waals surface area (Å²) in [7, 11) is 0. The SMILES string of the molecule is CC(C)(C)OC(=O)N1CCC(CC(O)c2ccc(F)cc2)CC1. The molecule has 1 unspecified atom stereocenters. The first-order chi connectivity index (χ1) is 10.7. The number of aliphatic hydroxyl groups excluding tert-OH is 1. The molecule has 0 aromatic heterocycles. The molecule has 2 rings (SSSR count). The van der Waals surface area contributed by atoms with E-state index >= 15 is 0 Å². The first-order valence-electron chi connectivity index (χ1n) is 8.16. The van der Waals surface area contributed by atoms with Crippen LogP contribution in [0.2, 0.25) is 0 Å². The van der Waals surface area contributed by atoms with Crippen molar-refractivity contribution < 1.29 is 19.0 Å². The van der Waals surface area contributed by atoms with Gasteiger partial charge < -0.3 is 14.7 Å². The summed E-state index contributed by atoms with van der Waals surface area (Å²) in [4.78, 5) is 13.7. The van der Waals surface area contributed by atoms with Crippen molar-refractivity contribution in [2.45, 2.75) is 51.7 Å². The molecule has 1 aliphatic rings. The molecule has 23 heavy (non-hydrogen) atoms. The summed E-state index contributed by atoms with van der Waals surface area (Å²) in [6, 6.07) is 5.97. The van der Waals surface area contributed by atoms with Crippen molar-refractivity contribution in [3.05, 3.63) is 35.6 Å². The Morgan fingerprint density at radius 1 is 1.30 bits per heavy atom. The van der Waals surface area contributed by atoms with Gasteiger partial charge in [-0.25, -0.2) is 9.18 Å². The van der Waals surface area contributed by atoms with E-state index in [0.29, 0.717) is 25.4 Å². The van der Waals surface area contributed by atoms with Crippen LogP contribution in [0.25, 0.3) is 0 Å². The number of piperidine rings is 1. The molecule has 1 aliphatic heterocycles. The number of carbonyl (C=O) groups excluding carboxylic acids is 1. The Balaban J connectivity index is 1.80. The van der Waals surface area contributed by atoms with Crippen LogP contribution in [0.1, 0.15) is 51.7 Å². The fraction of sp³-hybridized carbons (Fsp3) is 0.611. The molecule has 5 heteroatoms. The van der Waals surface area contributed by atoms with Crippen LogP contribution < -0.4 is 0 Å². The fourth-order valence-electron chi connectivity index (χ4n) is 2.81. The third-order valence-electron chi connectivity index (χ3n) is 4.08. The van der Waals surface area contributed by atoms with Crippen molar-refractivity contribution in [3.8, 4) is 0 Å². The predicted octanol–water partition coefficient (Wildman–Crippen LogP) is 3.90. The number of carbonyl (C=O) groups is 1. The van der Waals surface area contributed by atoms with E-state index in [4.69, 9.17) is 4.74 Å². The normalized spacial score (nSPS) is 17.9. The Morgan fingerprint density at radius 2 is 1.87 bits per heavy atom. The monoisotopic (exact) mass is 323 g/mol. The summed E-state index contributed by atoms with van der Waals surface area (Å²) >= 11 is 0. The Morgan fingerprint density at radius 3 is 2.39 bits per heavy atom. The van der Waals surface area contributed by atoms with Gasteiger partial charge in [-0.05, 0) is 63.6 Å². The topological polar surface area (TPSA) is 49.8 Å². The first kappa shape index (κ1) is 17.7. The van der Waals surface area contributed by atoms with Crippen LogP contribution in [0.3, 0.4) is 0 Å². The number of rotatable bonds is 3. The van der Waals surface area contributed by atoms with Crippen molar-refractivity contribution >= 4 is 6.09 Å². The zero-order chi connectivity index (χ0) is 17.0. The standard InChI is InChI=1S/C18H26FNO3/c1-18(2,3)23-17(22)20-10-8-13(9-11-20)12-16(21)14-4-6-15(19)7-5-14/h4-7,13,16,21H,8-12H2,1-3H3. The third-order valence-corrected chi connectivity index (χ3v) is 4.08. The maximum absolute atomic E-state index is 12.9. The van der Waals surface area contributed by atoms with Crippen LogP contribution in [0.5, 0.6) is 0 Å². The van der Waals surface area contributed by atoms with Gasteiger partial charge in [0.1, 0.15) is 11.4 Å². The van der Waals surface area contributed by atoms with Crippen LogP contribution in [-0.4, -0.2) is 34.8 Å². The van der Waals surface area contributed by atoms with Crippen molar-refractivity contribution in [2.75, 3.05) is 13.1 Å². The maximum Gasteiger partial charge on any atom is 0.410 e. The zero-order valence-electron chi connectivity index (χ0n) is 14.1. The average Bonchev–Trinajstić information content (AvgIpc) is 2.46. The van der Waals surface area contributed by atoms with Crippen LogP contribution in [0, 0.1) is 11.7 Å². The van der Waals surface area contributed by atoms with E-state index in [-0.39, 0.29) is 11.9 Å². The molecule has 0 spiro atoms. The Labute approximate surface area is 137 Å². The van der Waals surface area contributed by atoms with Gasteiger partial charge in [0.05, 0.1) is 6.10 Å². The number of halogens is 1. The van der Waals surface area contributed by atoms with Gasteiger partial charge >= 0.3 is 6.09 Å². The largest absolute Gasteiger partial charge is 0.444 e. The zero-order valence-corrected chi connectivity index (χ0v) is 14.1. The number of likely N-dealkylation sites (tertiary alicyclic amines) is 1. The summed E-state index contributed by atoms with van der Waals surface area (Å²) in [5, 5.41) is 10.3. The number of ether oxygens (including phenoxy) is 1. The molecule has 1 fully saturated rings. The minimum Gasteiger partial charge on any atom is -0.444 e. The predicted molar refractivity (Wildman–Crippen MR) is 86.5 cm³/mol. The molecule has 128 valence electrons. The van der Waals surface area contributed by atoms with Crippen LogP contribution in [0.4, 0.5) is 9.18 Å². The number of amides is 1. The van der Waals surface area contributed by atoms with Crippen LogP contribution in [0.15, 0.2) is 24.3 Å². The molecule has 0 aliphatic carbocycles. The number of hydrogen-bond acceptors (Lipinski definition) is 3. The van der Waals surface area contributed by atoms with Gasteiger partial charge in [-0.15, -0.1) is 0 Å². The minimum atomic E-state index is -0.589. The lowest BCUT2D eigenvalue weighted by Crippen LogP contribution is -2.41. The highest BCUT2D eigenvalue weighted by Crippen LogP contribution is 2.29. The molecule has 1 aromatic rings. The highest BCUT2D eigenvalue weighted by Gasteiger charge is 2.28. The summed E-state index contributed by atoms with van der Waals surface area (Å²) < 4.78 is 18.3. The summed E-state index contributed by atoms with van der Waals surface area (Å²) in [6.07, 6.45) is 1.46. The first-order valence-corrected chi connectivity index (χ1v) is 8.16. The second-order valence-electron chi connectivity index (χ2n) is 7.21. The van der Waals surface area contributed by atoms with E-state index in [2.05, 4.69) is 0 Å². The molecule has 1 saturated heterocycles. The number of nitrogens with zero attached hydrogens (tertiary/aromatic N) is 1. The summed E-state index contributed by atoms with van der Waals surface area (Å²) in [6.45, 7) is 6.87. The van der Waals surface area contributed by atoms with Gasteiger partial charge in [-0.3, -0.25) is 0 Å². The Bertz CT molecular complexity index is 516. The van der Waals surface area contributed by atoms with Crippen molar-refractivity contribution in [3.63, 3.8) is 0 Å². The van der Waals surface area contributed by atoms with E-state index in [1.54, 1.807) is 17.0 Å². The molecule has 0 radical (unpaired) electrons. The van der Waals surface area contributed by atoms with Crippen molar-refractivity contribution in [1.82, 2.24) is 4.90 Å². The molecule has 1 heterocycles. The molecular weight excluding hydrogens is 297 g/mol. The molecule has 0 bridgehead atoms. The lowest BCUT2D eigenvalue weighted by Gasteiger charge is -2.34.